The van der Waals surface area contributed by atoms with Crippen molar-refractivity contribution in [1.82, 2.24) is 0 Å². The van der Waals surface area contributed by atoms with Crippen molar-refractivity contribution in [3.05, 3.63) is 58.3 Å². The number of rotatable bonds is 5. The highest BCUT2D eigenvalue weighted by Crippen LogP contribution is 2.25. The van der Waals surface area contributed by atoms with Crippen LogP contribution in [-0.2, 0) is 9.53 Å². The summed E-state index contributed by atoms with van der Waals surface area (Å²) in [6, 6.07) is 10.5. The predicted octanol–water partition coefficient (Wildman–Crippen LogP) is 3.38. The Hall–Kier alpha value is -2.41. The first-order chi connectivity index (χ1) is 11.4. The van der Waals surface area contributed by atoms with E-state index in [1.54, 1.807) is 31.2 Å². The summed E-state index contributed by atoms with van der Waals surface area (Å²) in [5.74, 6) is -1.81. The van der Waals surface area contributed by atoms with Crippen LogP contribution in [-0.4, -0.2) is 25.0 Å². The van der Waals surface area contributed by atoms with Gasteiger partial charge < -0.3 is 10.5 Å². The molecular weight excluding hydrogens is 379 g/mol. The molecule has 1 amide bonds. The number of ether oxygens (including phenoxy) is 1. The van der Waals surface area contributed by atoms with Crippen LogP contribution in [0.25, 0.3) is 0 Å². The third kappa shape index (κ3) is 4.32. The molecule has 0 saturated carbocycles. The Morgan fingerprint density at radius 3 is 2.62 bits per heavy atom. The summed E-state index contributed by atoms with van der Waals surface area (Å²) < 4.78 is 19.7. The van der Waals surface area contributed by atoms with Crippen LogP contribution in [0.3, 0.4) is 0 Å². The molecule has 0 aliphatic carbocycles. The van der Waals surface area contributed by atoms with Gasteiger partial charge in [0.2, 0.25) is 0 Å². The van der Waals surface area contributed by atoms with Crippen molar-refractivity contribution in [3.8, 4) is 0 Å². The van der Waals surface area contributed by atoms with Gasteiger partial charge in [0.05, 0.1) is 12.3 Å². The van der Waals surface area contributed by atoms with Crippen LogP contribution in [0.1, 0.15) is 17.3 Å². The molecule has 0 aliphatic rings. The van der Waals surface area contributed by atoms with Gasteiger partial charge in [0, 0.05) is 15.7 Å². The van der Waals surface area contributed by atoms with Gasteiger partial charge in [-0.2, -0.15) is 0 Å². The predicted molar refractivity (Wildman–Crippen MR) is 93.3 cm³/mol. The standard InChI is InChI=1S/C17H16BrFN2O3/c1-2-24-16(22)10-21(15-7-6-12(18)9-14(15)19)17(23)11-4-3-5-13(20)8-11/h3-9H,2,10,20H2,1H3. The number of benzene rings is 2. The highest BCUT2D eigenvalue weighted by Gasteiger charge is 2.24. The van der Waals surface area contributed by atoms with Gasteiger partial charge in [0.15, 0.2) is 0 Å². The van der Waals surface area contributed by atoms with Gasteiger partial charge in [-0.1, -0.05) is 22.0 Å². The number of nitrogens with two attached hydrogens (primary N) is 1. The maximum absolute atomic E-state index is 14.3. The van der Waals surface area contributed by atoms with Gasteiger partial charge in [-0.05, 0) is 43.3 Å². The summed E-state index contributed by atoms with van der Waals surface area (Å²) in [5.41, 5.74) is 6.32. The third-order valence-electron chi connectivity index (χ3n) is 3.17. The molecule has 2 rings (SSSR count). The molecule has 0 fully saturated rings. The molecule has 2 N–H and O–H groups in total. The van der Waals surface area contributed by atoms with E-state index in [1.165, 1.54) is 18.2 Å². The van der Waals surface area contributed by atoms with Crippen molar-refractivity contribution in [2.45, 2.75) is 6.92 Å². The van der Waals surface area contributed by atoms with Gasteiger partial charge in [-0.15, -0.1) is 0 Å². The number of halogens is 2. The van der Waals surface area contributed by atoms with E-state index in [-0.39, 0.29) is 17.9 Å². The minimum atomic E-state index is -0.633. The summed E-state index contributed by atoms with van der Waals surface area (Å²) in [7, 11) is 0. The number of nitrogens with zero attached hydrogens (tertiary/aromatic N) is 1. The maximum Gasteiger partial charge on any atom is 0.326 e. The third-order valence-corrected chi connectivity index (χ3v) is 3.67. The second-order valence-corrected chi connectivity index (χ2v) is 5.83. The first kappa shape index (κ1) is 17.9. The largest absolute Gasteiger partial charge is 0.465 e. The Morgan fingerprint density at radius 2 is 2.00 bits per heavy atom. The fourth-order valence-corrected chi connectivity index (χ4v) is 2.46. The van der Waals surface area contributed by atoms with E-state index in [2.05, 4.69) is 15.9 Å². The molecule has 0 aliphatic heterocycles. The molecule has 0 radical (unpaired) electrons. The van der Waals surface area contributed by atoms with Crippen molar-refractivity contribution in [1.29, 1.82) is 0 Å². The number of anilines is 2. The Balaban J connectivity index is 2.42. The Morgan fingerprint density at radius 1 is 1.25 bits per heavy atom. The average molecular weight is 395 g/mol. The molecule has 0 unspecified atom stereocenters. The lowest BCUT2D eigenvalue weighted by molar-refractivity contribution is -0.141. The second kappa shape index (κ2) is 7.92. The van der Waals surface area contributed by atoms with Crippen LogP contribution in [0.4, 0.5) is 15.8 Å². The van der Waals surface area contributed by atoms with Crippen molar-refractivity contribution >= 4 is 39.2 Å². The van der Waals surface area contributed by atoms with Gasteiger partial charge in [0.1, 0.15) is 12.4 Å². The van der Waals surface area contributed by atoms with E-state index < -0.39 is 24.2 Å². The Labute approximate surface area is 147 Å². The Kier molecular flexibility index (Phi) is 5.92. The molecule has 2 aromatic rings. The lowest BCUT2D eigenvalue weighted by atomic mass is 10.1. The minimum absolute atomic E-state index is 0.0151. The first-order valence-corrected chi connectivity index (χ1v) is 7.99. The van der Waals surface area contributed by atoms with Crippen LogP contribution in [0.15, 0.2) is 46.9 Å². The molecule has 5 nitrogen and oxygen atoms in total. The fraction of sp³-hybridized carbons (Fsp3) is 0.176. The molecule has 0 spiro atoms. The Bertz CT molecular complexity index is 767. The summed E-state index contributed by atoms with van der Waals surface area (Å²) in [5, 5.41) is 0. The van der Waals surface area contributed by atoms with Crippen LogP contribution in [0, 0.1) is 5.82 Å². The van der Waals surface area contributed by atoms with Crippen LogP contribution in [0.5, 0.6) is 0 Å². The average Bonchev–Trinajstić information content (AvgIpc) is 2.53. The summed E-state index contributed by atoms with van der Waals surface area (Å²) in [4.78, 5) is 25.6. The SMILES string of the molecule is CCOC(=O)CN(C(=O)c1cccc(N)c1)c1ccc(Br)cc1F. The first-order valence-electron chi connectivity index (χ1n) is 7.20. The molecule has 0 atom stereocenters. The molecular formula is C17H16BrFN2O3. The van der Waals surface area contributed by atoms with Gasteiger partial charge >= 0.3 is 5.97 Å². The number of amides is 1. The zero-order valence-electron chi connectivity index (χ0n) is 13.0. The van der Waals surface area contributed by atoms with E-state index in [1.807, 2.05) is 0 Å². The van der Waals surface area contributed by atoms with E-state index in [0.717, 1.165) is 4.90 Å². The molecule has 2 aromatic carbocycles. The number of hydrogen-bond donors (Lipinski definition) is 1. The molecule has 0 saturated heterocycles. The fourth-order valence-electron chi connectivity index (χ4n) is 2.13. The number of hydrogen-bond acceptors (Lipinski definition) is 4. The van der Waals surface area contributed by atoms with Crippen molar-refractivity contribution in [3.63, 3.8) is 0 Å². The summed E-state index contributed by atoms with van der Waals surface area (Å²) >= 11 is 3.16. The van der Waals surface area contributed by atoms with E-state index in [4.69, 9.17) is 10.5 Å². The van der Waals surface area contributed by atoms with Gasteiger partial charge in [-0.25, -0.2) is 4.39 Å². The smallest absolute Gasteiger partial charge is 0.326 e. The van der Waals surface area contributed by atoms with Gasteiger partial charge in [-0.3, -0.25) is 14.5 Å². The van der Waals surface area contributed by atoms with Crippen molar-refractivity contribution in [2.75, 3.05) is 23.8 Å². The summed E-state index contributed by atoms with van der Waals surface area (Å²) in [6.45, 7) is 1.42. The molecule has 7 heteroatoms. The topological polar surface area (TPSA) is 72.6 Å². The van der Waals surface area contributed by atoms with Crippen molar-refractivity contribution < 1.29 is 18.7 Å². The highest BCUT2D eigenvalue weighted by atomic mass is 79.9. The van der Waals surface area contributed by atoms with Crippen molar-refractivity contribution in [2.24, 2.45) is 0 Å². The molecule has 0 bridgehead atoms. The minimum Gasteiger partial charge on any atom is -0.465 e. The number of carbonyl (C=O) groups is 2. The molecule has 0 heterocycles. The molecule has 126 valence electrons. The lowest BCUT2D eigenvalue weighted by Gasteiger charge is -2.22. The van der Waals surface area contributed by atoms with E-state index in [9.17, 15) is 14.0 Å². The summed E-state index contributed by atoms with van der Waals surface area (Å²) in [6.07, 6.45) is 0. The number of carbonyl (C=O) groups excluding carboxylic acids is 2. The maximum atomic E-state index is 14.3. The monoisotopic (exact) mass is 394 g/mol. The number of esters is 1. The highest BCUT2D eigenvalue weighted by molar-refractivity contribution is 9.10. The second-order valence-electron chi connectivity index (χ2n) is 4.92. The van der Waals surface area contributed by atoms with E-state index in [0.29, 0.717) is 10.2 Å². The zero-order valence-corrected chi connectivity index (χ0v) is 14.5. The quantitative estimate of drug-likeness (QED) is 0.623. The van der Waals surface area contributed by atoms with E-state index >= 15 is 0 Å². The lowest BCUT2D eigenvalue weighted by Crippen LogP contribution is -2.37. The normalized spacial score (nSPS) is 10.3. The van der Waals surface area contributed by atoms with Crippen LogP contribution >= 0.6 is 15.9 Å². The number of nitrogen functional groups attached to an aromatic ring is 1. The van der Waals surface area contributed by atoms with Crippen LogP contribution < -0.4 is 10.6 Å². The van der Waals surface area contributed by atoms with Gasteiger partial charge in [0.25, 0.3) is 5.91 Å². The molecule has 0 aromatic heterocycles. The zero-order chi connectivity index (χ0) is 17.7. The van der Waals surface area contributed by atoms with Crippen LogP contribution in [0.2, 0.25) is 0 Å². The molecule has 24 heavy (non-hydrogen) atoms.